The minimum atomic E-state index is -0.888. The molecule has 1 N–H and O–H groups in total. The summed E-state index contributed by atoms with van der Waals surface area (Å²) in [6.07, 6.45) is 2.07. The van der Waals surface area contributed by atoms with E-state index in [4.69, 9.17) is 9.47 Å². The van der Waals surface area contributed by atoms with E-state index in [1.54, 1.807) is 19.2 Å². The van der Waals surface area contributed by atoms with Gasteiger partial charge in [-0.1, -0.05) is 0 Å². The third kappa shape index (κ3) is 6.48. The normalized spacial score (nSPS) is 14.2. The molecule has 2 amide bonds. The Morgan fingerprint density at radius 3 is 2.36 bits per heavy atom. The highest BCUT2D eigenvalue weighted by molar-refractivity contribution is 14.1. The number of hydrogen-bond donors (Lipinski definition) is 1. The van der Waals surface area contributed by atoms with Crippen molar-refractivity contribution < 1.29 is 19.1 Å². The average molecular weight is 674 g/mol. The number of methoxy groups -OCH3 is 1. The van der Waals surface area contributed by atoms with Crippen molar-refractivity contribution in [3.63, 3.8) is 0 Å². The van der Waals surface area contributed by atoms with Crippen molar-refractivity contribution in [1.82, 2.24) is 10.2 Å². The van der Waals surface area contributed by atoms with Gasteiger partial charge in [0.25, 0.3) is 11.8 Å². The second-order valence-electron chi connectivity index (χ2n) is 7.47. The van der Waals surface area contributed by atoms with E-state index in [9.17, 15) is 14.9 Å². The number of nitrogens with one attached hydrogen (secondary N) is 1. The maximum Gasteiger partial charge on any atom is 0.258 e. The summed E-state index contributed by atoms with van der Waals surface area (Å²) in [5.41, 5.74) is 2.33. The van der Waals surface area contributed by atoms with Gasteiger partial charge in [-0.3, -0.25) is 14.5 Å². The van der Waals surface area contributed by atoms with Gasteiger partial charge < -0.3 is 19.7 Å². The maximum atomic E-state index is 13.0. The van der Waals surface area contributed by atoms with Crippen LogP contribution in [0.25, 0.3) is 0 Å². The van der Waals surface area contributed by atoms with Crippen molar-refractivity contribution in [3.05, 3.63) is 54.7 Å². The number of morpholine rings is 1. The van der Waals surface area contributed by atoms with Crippen molar-refractivity contribution in [2.45, 2.75) is 12.5 Å². The standard InChI is InChI=1S/C23H24I2N4O4/c1-28(14-26)23(31)20(13-15-11-18(24)21(32-2)19(25)12-15)27-22(30)16-3-5-17(6-4-16)29-7-9-33-10-8-29/h3-6,11-12,20H,7-10,13H2,1-2H3,(H,27,30). The second kappa shape index (κ2) is 11.8. The Bertz CT molecular complexity index is 1030. The molecule has 0 radical (unpaired) electrons. The number of rotatable bonds is 7. The first kappa shape index (κ1) is 25.5. The van der Waals surface area contributed by atoms with Gasteiger partial charge in [0.05, 0.1) is 27.5 Å². The van der Waals surface area contributed by atoms with Crippen LogP contribution in [-0.2, 0) is 16.0 Å². The fourth-order valence-electron chi connectivity index (χ4n) is 3.53. The highest BCUT2D eigenvalue weighted by Crippen LogP contribution is 2.29. The lowest BCUT2D eigenvalue weighted by molar-refractivity contribution is -0.129. The molecule has 33 heavy (non-hydrogen) atoms. The predicted molar refractivity (Wildman–Crippen MR) is 141 cm³/mol. The zero-order valence-electron chi connectivity index (χ0n) is 18.3. The van der Waals surface area contributed by atoms with Gasteiger partial charge in [-0.05, 0) is 87.1 Å². The smallest absolute Gasteiger partial charge is 0.258 e. The van der Waals surface area contributed by atoms with Crippen LogP contribution in [0.5, 0.6) is 5.75 Å². The SMILES string of the molecule is COc1c(I)cc(CC(NC(=O)c2ccc(N3CCOCC3)cc2)C(=O)N(C)C#N)cc1I. The van der Waals surface area contributed by atoms with Crippen molar-refractivity contribution in [1.29, 1.82) is 5.26 Å². The molecule has 0 aliphatic carbocycles. The Kier molecular flexibility index (Phi) is 9.16. The van der Waals surface area contributed by atoms with Crippen molar-refractivity contribution in [3.8, 4) is 11.9 Å². The number of nitrogens with zero attached hydrogens (tertiary/aromatic N) is 3. The number of amides is 2. The molecule has 0 spiro atoms. The summed E-state index contributed by atoms with van der Waals surface area (Å²) >= 11 is 4.35. The molecule has 10 heteroatoms. The summed E-state index contributed by atoms with van der Waals surface area (Å²) in [7, 11) is 3.00. The maximum absolute atomic E-state index is 13.0. The Hall–Kier alpha value is -2.11. The molecule has 2 aromatic carbocycles. The molecule has 3 rings (SSSR count). The minimum absolute atomic E-state index is 0.248. The first-order valence-corrected chi connectivity index (χ1v) is 12.4. The predicted octanol–water partition coefficient (Wildman–Crippen LogP) is 3.02. The summed E-state index contributed by atoms with van der Waals surface area (Å²) in [6, 6.07) is 10.2. The monoisotopic (exact) mass is 674 g/mol. The summed E-state index contributed by atoms with van der Waals surface area (Å²) in [5.74, 6) is -0.0795. The summed E-state index contributed by atoms with van der Waals surface area (Å²) in [5, 5.41) is 12.0. The molecular formula is C23H24I2N4O4. The van der Waals surface area contributed by atoms with E-state index < -0.39 is 11.9 Å². The van der Waals surface area contributed by atoms with Gasteiger partial charge in [0.15, 0.2) is 6.19 Å². The summed E-state index contributed by atoms with van der Waals surface area (Å²) in [4.78, 5) is 28.9. The fourth-order valence-corrected chi connectivity index (χ4v) is 5.87. The van der Waals surface area contributed by atoms with Crippen LogP contribution in [0.3, 0.4) is 0 Å². The molecule has 1 unspecified atom stereocenters. The molecule has 0 bridgehead atoms. The molecule has 0 aromatic heterocycles. The number of anilines is 1. The number of likely N-dealkylation sites (N-methyl/N-ethyl adjacent to an activating group) is 1. The average Bonchev–Trinajstić information content (AvgIpc) is 2.83. The number of carbonyl (C=O) groups is 2. The molecule has 8 nitrogen and oxygen atoms in total. The van der Waals surface area contributed by atoms with Gasteiger partial charge in [-0.2, -0.15) is 5.26 Å². The number of hydrogen-bond acceptors (Lipinski definition) is 6. The Labute approximate surface area is 220 Å². The molecule has 0 saturated carbocycles. The summed E-state index contributed by atoms with van der Waals surface area (Å²) < 4.78 is 12.6. The Morgan fingerprint density at radius 2 is 1.82 bits per heavy atom. The number of halogens is 2. The number of carbonyl (C=O) groups excluding carboxylic acids is 2. The van der Waals surface area contributed by atoms with Gasteiger partial charge in [-0.15, -0.1) is 0 Å². The molecular weight excluding hydrogens is 650 g/mol. The van der Waals surface area contributed by atoms with Crippen molar-refractivity contribution >= 4 is 62.7 Å². The van der Waals surface area contributed by atoms with Gasteiger partial charge >= 0.3 is 0 Å². The molecule has 1 atom stereocenters. The molecule has 1 heterocycles. The van der Waals surface area contributed by atoms with Crippen LogP contribution in [0.1, 0.15) is 15.9 Å². The van der Waals surface area contributed by atoms with Gasteiger partial charge in [0, 0.05) is 37.8 Å². The second-order valence-corrected chi connectivity index (χ2v) is 9.79. The highest BCUT2D eigenvalue weighted by atomic mass is 127. The molecule has 174 valence electrons. The minimum Gasteiger partial charge on any atom is -0.495 e. The third-order valence-electron chi connectivity index (χ3n) is 5.29. The molecule has 2 aromatic rings. The Morgan fingerprint density at radius 1 is 1.21 bits per heavy atom. The quantitative estimate of drug-likeness (QED) is 0.276. The van der Waals surface area contributed by atoms with Crippen LogP contribution in [0.4, 0.5) is 5.69 Å². The van der Waals surface area contributed by atoms with Crippen LogP contribution < -0.4 is 15.0 Å². The highest BCUT2D eigenvalue weighted by Gasteiger charge is 2.26. The number of ether oxygens (including phenoxy) is 2. The van der Waals surface area contributed by atoms with E-state index in [1.807, 2.05) is 30.5 Å². The first-order chi connectivity index (χ1) is 15.8. The summed E-state index contributed by atoms with van der Waals surface area (Å²) in [6.45, 7) is 2.98. The van der Waals surface area contributed by atoms with Gasteiger partial charge in [0.1, 0.15) is 11.8 Å². The van der Waals surface area contributed by atoms with E-state index >= 15 is 0 Å². The molecule has 1 fully saturated rings. The van der Waals surface area contributed by atoms with Crippen molar-refractivity contribution in [2.75, 3.05) is 45.4 Å². The molecule has 1 aliphatic heterocycles. The van der Waals surface area contributed by atoms with E-state index in [2.05, 4.69) is 55.4 Å². The first-order valence-electron chi connectivity index (χ1n) is 10.3. The van der Waals surface area contributed by atoms with E-state index in [-0.39, 0.29) is 12.3 Å². The van der Waals surface area contributed by atoms with E-state index in [0.29, 0.717) is 18.8 Å². The van der Waals surface area contributed by atoms with E-state index in [1.165, 1.54) is 7.05 Å². The fraction of sp³-hybridized carbons (Fsp3) is 0.348. The lowest BCUT2D eigenvalue weighted by Crippen LogP contribution is -2.47. The molecule has 1 aliphatic rings. The van der Waals surface area contributed by atoms with E-state index in [0.717, 1.165) is 42.1 Å². The lowest BCUT2D eigenvalue weighted by Gasteiger charge is -2.29. The number of nitriles is 1. The van der Waals surface area contributed by atoms with Crippen LogP contribution in [0, 0.1) is 18.6 Å². The van der Waals surface area contributed by atoms with Gasteiger partial charge in [0.2, 0.25) is 0 Å². The third-order valence-corrected chi connectivity index (χ3v) is 6.89. The van der Waals surface area contributed by atoms with Crippen molar-refractivity contribution in [2.24, 2.45) is 0 Å². The Balaban J connectivity index is 1.78. The zero-order valence-corrected chi connectivity index (χ0v) is 22.6. The molecule has 1 saturated heterocycles. The van der Waals surface area contributed by atoms with Crippen LogP contribution in [0.2, 0.25) is 0 Å². The van der Waals surface area contributed by atoms with Crippen LogP contribution >= 0.6 is 45.2 Å². The lowest BCUT2D eigenvalue weighted by atomic mass is 10.0. The zero-order chi connectivity index (χ0) is 24.0. The largest absolute Gasteiger partial charge is 0.495 e. The number of benzene rings is 2. The van der Waals surface area contributed by atoms with Gasteiger partial charge in [-0.25, -0.2) is 0 Å². The topological polar surface area (TPSA) is 94.9 Å². The van der Waals surface area contributed by atoms with Crippen LogP contribution in [-0.4, -0.2) is 63.2 Å². The van der Waals surface area contributed by atoms with Crippen LogP contribution in [0.15, 0.2) is 36.4 Å².